The van der Waals surface area contributed by atoms with E-state index < -0.39 is 5.97 Å². The topological polar surface area (TPSA) is 59.0 Å². The Morgan fingerprint density at radius 1 is 1.33 bits per heavy atom. The molecular formula is C21H27NO4S. The first kappa shape index (κ1) is 19.7. The second-order valence-electron chi connectivity index (χ2n) is 6.87. The standard InChI is InChI=1S/C21H27NO4S/c1-4-26-18-12-15(8-9-17(18)25-3)20(19-10-7-14(2)27-19)22-11-5-6-16(13-22)21(23)24/h7-10,12,16,20H,4-6,11,13H2,1-3H3,(H,23,24). The van der Waals surface area contributed by atoms with Gasteiger partial charge in [-0.3, -0.25) is 9.69 Å². The van der Waals surface area contributed by atoms with Gasteiger partial charge in [-0.05, 0) is 63.1 Å². The summed E-state index contributed by atoms with van der Waals surface area (Å²) in [5.41, 5.74) is 1.10. The van der Waals surface area contributed by atoms with Gasteiger partial charge in [0, 0.05) is 16.3 Å². The molecule has 2 unspecified atom stereocenters. The first-order valence-electron chi connectivity index (χ1n) is 9.37. The number of methoxy groups -OCH3 is 1. The molecule has 3 rings (SSSR count). The predicted molar refractivity (Wildman–Crippen MR) is 107 cm³/mol. The van der Waals surface area contributed by atoms with Crippen LogP contribution in [0.15, 0.2) is 30.3 Å². The number of piperidine rings is 1. The molecule has 0 aliphatic carbocycles. The number of benzene rings is 1. The fraction of sp³-hybridized carbons (Fsp3) is 0.476. The van der Waals surface area contributed by atoms with Gasteiger partial charge in [0.05, 0.1) is 25.7 Å². The molecule has 2 aromatic rings. The molecule has 2 heterocycles. The van der Waals surface area contributed by atoms with Gasteiger partial charge in [-0.25, -0.2) is 0 Å². The van der Waals surface area contributed by atoms with E-state index >= 15 is 0 Å². The zero-order valence-electron chi connectivity index (χ0n) is 16.1. The number of rotatable bonds is 7. The number of likely N-dealkylation sites (tertiary alicyclic amines) is 1. The quantitative estimate of drug-likeness (QED) is 0.763. The van der Waals surface area contributed by atoms with Crippen LogP contribution in [0.2, 0.25) is 0 Å². The van der Waals surface area contributed by atoms with Crippen LogP contribution in [0.25, 0.3) is 0 Å². The van der Waals surface area contributed by atoms with Gasteiger partial charge >= 0.3 is 5.97 Å². The van der Waals surface area contributed by atoms with Crippen molar-refractivity contribution in [2.75, 3.05) is 26.8 Å². The third-order valence-electron chi connectivity index (χ3n) is 5.00. The summed E-state index contributed by atoms with van der Waals surface area (Å²) in [6.45, 7) is 6.07. The highest BCUT2D eigenvalue weighted by atomic mass is 32.1. The van der Waals surface area contributed by atoms with Crippen LogP contribution in [-0.2, 0) is 4.79 Å². The largest absolute Gasteiger partial charge is 0.493 e. The number of aryl methyl sites for hydroxylation is 1. The lowest BCUT2D eigenvalue weighted by atomic mass is 9.94. The monoisotopic (exact) mass is 389 g/mol. The zero-order chi connectivity index (χ0) is 19.4. The minimum atomic E-state index is -0.703. The molecule has 6 heteroatoms. The van der Waals surface area contributed by atoms with E-state index in [0.717, 1.165) is 30.7 Å². The van der Waals surface area contributed by atoms with Crippen LogP contribution in [0.1, 0.15) is 41.1 Å². The SMILES string of the molecule is CCOc1cc(C(c2ccc(C)s2)N2CCCC(C(=O)O)C2)ccc1OC. The number of nitrogens with zero attached hydrogens (tertiary/aromatic N) is 1. The molecule has 27 heavy (non-hydrogen) atoms. The Balaban J connectivity index is 2.00. The number of carboxylic acid groups (broad SMARTS) is 1. The van der Waals surface area contributed by atoms with Gasteiger partial charge in [0.1, 0.15) is 0 Å². The molecule has 1 fully saturated rings. The fourth-order valence-corrected chi connectivity index (χ4v) is 4.77. The van der Waals surface area contributed by atoms with Gasteiger partial charge in [0.2, 0.25) is 0 Å². The molecule has 0 radical (unpaired) electrons. The second kappa shape index (κ2) is 8.76. The van der Waals surface area contributed by atoms with E-state index in [9.17, 15) is 9.90 Å². The lowest BCUT2D eigenvalue weighted by molar-refractivity contribution is -0.143. The minimum Gasteiger partial charge on any atom is -0.493 e. The van der Waals surface area contributed by atoms with Crippen molar-refractivity contribution >= 4 is 17.3 Å². The number of hydrogen-bond donors (Lipinski definition) is 1. The van der Waals surface area contributed by atoms with Crippen LogP contribution in [0.3, 0.4) is 0 Å². The van der Waals surface area contributed by atoms with Crippen molar-refractivity contribution in [3.05, 3.63) is 45.6 Å². The molecule has 1 aromatic carbocycles. The smallest absolute Gasteiger partial charge is 0.307 e. The summed E-state index contributed by atoms with van der Waals surface area (Å²) in [6.07, 6.45) is 1.64. The van der Waals surface area contributed by atoms with Crippen molar-refractivity contribution in [2.45, 2.75) is 32.7 Å². The lowest BCUT2D eigenvalue weighted by Gasteiger charge is -2.37. The molecule has 1 N–H and O–H groups in total. The predicted octanol–water partition coefficient (Wildman–Crippen LogP) is 4.35. The maximum atomic E-state index is 11.6. The summed E-state index contributed by atoms with van der Waals surface area (Å²) < 4.78 is 11.2. The van der Waals surface area contributed by atoms with Gasteiger partial charge in [0.25, 0.3) is 0 Å². The highest BCUT2D eigenvalue weighted by Gasteiger charge is 2.32. The maximum Gasteiger partial charge on any atom is 0.307 e. The first-order valence-corrected chi connectivity index (χ1v) is 10.2. The molecule has 1 aromatic heterocycles. The molecule has 2 atom stereocenters. The summed E-state index contributed by atoms with van der Waals surface area (Å²) in [5.74, 6) is 0.420. The van der Waals surface area contributed by atoms with Crippen LogP contribution in [0, 0.1) is 12.8 Å². The highest BCUT2D eigenvalue weighted by molar-refractivity contribution is 7.12. The average molecular weight is 390 g/mol. The van der Waals surface area contributed by atoms with E-state index in [1.807, 2.05) is 19.1 Å². The molecule has 1 aliphatic rings. The number of aliphatic carboxylic acids is 1. The van der Waals surface area contributed by atoms with Gasteiger partial charge in [-0.2, -0.15) is 0 Å². The number of hydrogen-bond acceptors (Lipinski definition) is 5. The van der Waals surface area contributed by atoms with Crippen LogP contribution in [0.5, 0.6) is 11.5 Å². The minimum absolute atomic E-state index is 0.0240. The van der Waals surface area contributed by atoms with E-state index in [0.29, 0.717) is 18.9 Å². The zero-order valence-corrected chi connectivity index (χ0v) is 16.9. The molecule has 0 amide bonds. The molecule has 0 spiro atoms. The van der Waals surface area contributed by atoms with Gasteiger partial charge in [-0.15, -0.1) is 11.3 Å². The van der Waals surface area contributed by atoms with E-state index in [4.69, 9.17) is 9.47 Å². The van der Waals surface area contributed by atoms with Crippen molar-refractivity contribution in [1.29, 1.82) is 0 Å². The van der Waals surface area contributed by atoms with Gasteiger partial charge < -0.3 is 14.6 Å². The van der Waals surface area contributed by atoms with E-state index in [1.165, 1.54) is 9.75 Å². The van der Waals surface area contributed by atoms with Crippen molar-refractivity contribution in [3.63, 3.8) is 0 Å². The molecular weight excluding hydrogens is 362 g/mol. The summed E-state index contributed by atoms with van der Waals surface area (Å²) in [5, 5.41) is 9.50. The Labute approximate surface area is 164 Å². The summed E-state index contributed by atoms with van der Waals surface area (Å²) in [7, 11) is 1.64. The average Bonchev–Trinajstić information content (AvgIpc) is 3.08. The van der Waals surface area contributed by atoms with Crippen LogP contribution in [-0.4, -0.2) is 42.8 Å². The number of carbonyl (C=O) groups is 1. The Kier molecular flexibility index (Phi) is 6.39. The third kappa shape index (κ3) is 4.45. The van der Waals surface area contributed by atoms with Crippen molar-refractivity contribution in [1.82, 2.24) is 4.90 Å². The molecule has 146 valence electrons. The van der Waals surface area contributed by atoms with Crippen molar-refractivity contribution < 1.29 is 19.4 Å². The Bertz CT molecular complexity index is 788. The van der Waals surface area contributed by atoms with Crippen LogP contribution < -0.4 is 9.47 Å². The molecule has 0 saturated carbocycles. The maximum absolute atomic E-state index is 11.6. The normalized spacial score (nSPS) is 18.9. The molecule has 0 bridgehead atoms. The Morgan fingerprint density at radius 3 is 2.78 bits per heavy atom. The Hall–Kier alpha value is -2.05. The summed E-state index contributed by atoms with van der Waals surface area (Å²) in [6, 6.07) is 10.3. The Morgan fingerprint density at radius 2 is 2.15 bits per heavy atom. The summed E-state index contributed by atoms with van der Waals surface area (Å²) in [4.78, 5) is 16.3. The van der Waals surface area contributed by atoms with Crippen molar-refractivity contribution in [3.8, 4) is 11.5 Å². The second-order valence-corrected chi connectivity index (χ2v) is 8.19. The van der Waals surface area contributed by atoms with E-state index in [-0.39, 0.29) is 12.0 Å². The fourth-order valence-electron chi connectivity index (χ4n) is 3.73. The number of carboxylic acids is 1. The molecule has 5 nitrogen and oxygen atoms in total. The van der Waals surface area contributed by atoms with E-state index in [2.05, 4.69) is 30.0 Å². The van der Waals surface area contributed by atoms with Crippen molar-refractivity contribution in [2.24, 2.45) is 5.92 Å². The summed E-state index contributed by atoms with van der Waals surface area (Å²) >= 11 is 1.76. The molecule has 1 aliphatic heterocycles. The van der Waals surface area contributed by atoms with E-state index in [1.54, 1.807) is 18.4 Å². The molecule has 1 saturated heterocycles. The number of thiophene rings is 1. The van der Waals surface area contributed by atoms with Gasteiger partial charge in [0.15, 0.2) is 11.5 Å². The van der Waals surface area contributed by atoms with Crippen LogP contribution >= 0.6 is 11.3 Å². The third-order valence-corrected chi connectivity index (χ3v) is 6.05. The number of ether oxygens (including phenoxy) is 2. The highest BCUT2D eigenvalue weighted by Crippen LogP contribution is 2.39. The van der Waals surface area contributed by atoms with Crippen LogP contribution in [0.4, 0.5) is 0 Å². The lowest BCUT2D eigenvalue weighted by Crippen LogP contribution is -2.41. The first-order chi connectivity index (χ1) is 13.0. The van der Waals surface area contributed by atoms with Gasteiger partial charge in [-0.1, -0.05) is 6.07 Å².